The van der Waals surface area contributed by atoms with Gasteiger partial charge in [-0.3, -0.25) is 0 Å². The SMILES string of the molecule is COc1ccc(OC)c(N(C)CC2(C#N)CCC2)c1. The Morgan fingerprint density at radius 1 is 1.32 bits per heavy atom. The van der Waals surface area contributed by atoms with Crippen LogP contribution < -0.4 is 14.4 Å². The molecule has 0 spiro atoms. The summed E-state index contributed by atoms with van der Waals surface area (Å²) in [6.07, 6.45) is 3.12. The van der Waals surface area contributed by atoms with Crippen molar-refractivity contribution in [3.8, 4) is 17.6 Å². The normalized spacial score (nSPS) is 16.1. The van der Waals surface area contributed by atoms with Crippen molar-refractivity contribution in [3.63, 3.8) is 0 Å². The van der Waals surface area contributed by atoms with Crippen molar-refractivity contribution in [2.24, 2.45) is 5.41 Å². The molecule has 0 radical (unpaired) electrons. The lowest BCUT2D eigenvalue weighted by Gasteiger charge is -2.39. The first-order valence-corrected chi connectivity index (χ1v) is 6.48. The van der Waals surface area contributed by atoms with Crippen LogP contribution in [0.3, 0.4) is 0 Å². The molecule has 1 fully saturated rings. The van der Waals surface area contributed by atoms with Gasteiger partial charge in [0.15, 0.2) is 0 Å². The van der Waals surface area contributed by atoms with E-state index < -0.39 is 0 Å². The van der Waals surface area contributed by atoms with E-state index in [-0.39, 0.29) is 5.41 Å². The Kier molecular flexibility index (Phi) is 3.84. The fraction of sp³-hybridized carbons (Fsp3) is 0.533. The van der Waals surface area contributed by atoms with Crippen LogP contribution in [0.1, 0.15) is 19.3 Å². The van der Waals surface area contributed by atoms with Crippen molar-refractivity contribution >= 4 is 5.69 Å². The summed E-state index contributed by atoms with van der Waals surface area (Å²) in [7, 11) is 5.30. The number of benzene rings is 1. The van der Waals surface area contributed by atoms with Crippen LogP contribution in [0.25, 0.3) is 0 Å². The number of hydrogen-bond acceptors (Lipinski definition) is 4. The van der Waals surface area contributed by atoms with E-state index in [0.29, 0.717) is 0 Å². The molecule has 19 heavy (non-hydrogen) atoms. The van der Waals surface area contributed by atoms with E-state index in [1.165, 1.54) is 0 Å². The molecule has 102 valence electrons. The Morgan fingerprint density at radius 2 is 2.05 bits per heavy atom. The van der Waals surface area contributed by atoms with E-state index in [0.717, 1.165) is 43.0 Å². The molecule has 1 aromatic carbocycles. The highest BCUT2D eigenvalue weighted by molar-refractivity contribution is 5.61. The maximum atomic E-state index is 9.33. The second kappa shape index (κ2) is 5.40. The number of hydrogen-bond donors (Lipinski definition) is 0. The first kappa shape index (κ1) is 13.5. The zero-order chi connectivity index (χ0) is 13.9. The zero-order valence-corrected chi connectivity index (χ0v) is 11.8. The van der Waals surface area contributed by atoms with E-state index in [2.05, 4.69) is 11.0 Å². The Bertz CT molecular complexity index is 489. The van der Waals surface area contributed by atoms with Crippen LogP contribution in [0, 0.1) is 16.7 Å². The zero-order valence-electron chi connectivity index (χ0n) is 11.8. The second-order valence-electron chi connectivity index (χ2n) is 5.14. The van der Waals surface area contributed by atoms with Crippen molar-refractivity contribution in [1.29, 1.82) is 5.26 Å². The van der Waals surface area contributed by atoms with Gasteiger partial charge < -0.3 is 14.4 Å². The van der Waals surface area contributed by atoms with Crippen molar-refractivity contribution in [2.45, 2.75) is 19.3 Å². The molecule has 4 heteroatoms. The first-order chi connectivity index (χ1) is 9.14. The summed E-state index contributed by atoms with van der Waals surface area (Å²) < 4.78 is 10.6. The summed E-state index contributed by atoms with van der Waals surface area (Å²) in [6.45, 7) is 0.729. The highest BCUT2D eigenvalue weighted by Crippen LogP contribution is 2.42. The van der Waals surface area contributed by atoms with Gasteiger partial charge in [0.05, 0.1) is 31.4 Å². The summed E-state index contributed by atoms with van der Waals surface area (Å²) >= 11 is 0. The third-order valence-electron chi connectivity index (χ3n) is 3.88. The predicted octanol–water partition coefficient (Wildman–Crippen LogP) is 2.83. The van der Waals surface area contributed by atoms with Gasteiger partial charge in [0.25, 0.3) is 0 Å². The van der Waals surface area contributed by atoms with Gasteiger partial charge in [-0.05, 0) is 25.0 Å². The molecule has 1 aliphatic rings. The van der Waals surface area contributed by atoms with Gasteiger partial charge in [-0.15, -0.1) is 0 Å². The Balaban J connectivity index is 2.22. The molecule has 0 aliphatic heterocycles. The first-order valence-electron chi connectivity index (χ1n) is 6.48. The van der Waals surface area contributed by atoms with Crippen LogP contribution in [-0.2, 0) is 0 Å². The van der Waals surface area contributed by atoms with E-state index in [1.54, 1.807) is 14.2 Å². The molecule has 2 rings (SSSR count). The van der Waals surface area contributed by atoms with Gasteiger partial charge >= 0.3 is 0 Å². The monoisotopic (exact) mass is 260 g/mol. The van der Waals surface area contributed by atoms with Crippen molar-refractivity contribution in [1.82, 2.24) is 0 Å². The highest BCUT2D eigenvalue weighted by Gasteiger charge is 2.38. The molecule has 1 aromatic rings. The molecule has 4 nitrogen and oxygen atoms in total. The molecule has 1 saturated carbocycles. The van der Waals surface area contributed by atoms with E-state index >= 15 is 0 Å². The number of rotatable bonds is 5. The summed E-state index contributed by atoms with van der Waals surface area (Å²) in [5.41, 5.74) is 0.770. The summed E-state index contributed by atoms with van der Waals surface area (Å²) in [6, 6.07) is 8.18. The van der Waals surface area contributed by atoms with E-state index in [9.17, 15) is 5.26 Å². The summed E-state index contributed by atoms with van der Waals surface area (Å²) in [5.74, 6) is 1.60. The van der Waals surface area contributed by atoms with E-state index in [4.69, 9.17) is 9.47 Å². The molecule has 0 atom stereocenters. The molecule has 0 bridgehead atoms. The third-order valence-corrected chi connectivity index (χ3v) is 3.88. The van der Waals surface area contributed by atoms with Crippen LogP contribution in [0.4, 0.5) is 5.69 Å². The van der Waals surface area contributed by atoms with Gasteiger partial charge in [0.2, 0.25) is 0 Å². The number of anilines is 1. The minimum Gasteiger partial charge on any atom is -0.497 e. The number of methoxy groups -OCH3 is 2. The molecule has 0 saturated heterocycles. The molecule has 0 N–H and O–H groups in total. The van der Waals surface area contributed by atoms with Gasteiger partial charge in [-0.25, -0.2) is 0 Å². The quantitative estimate of drug-likeness (QED) is 0.816. The lowest BCUT2D eigenvalue weighted by Crippen LogP contribution is -2.39. The average Bonchev–Trinajstić information content (AvgIpc) is 2.41. The lowest BCUT2D eigenvalue weighted by atomic mass is 9.69. The van der Waals surface area contributed by atoms with Crippen LogP contribution in [0.2, 0.25) is 0 Å². The van der Waals surface area contributed by atoms with E-state index in [1.807, 2.05) is 25.2 Å². The topological polar surface area (TPSA) is 45.5 Å². The minimum atomic E-state index is -0.192. The van der Waals surface area contributed by atoms with Crippen LogP contribution in [0.5, 0.6) is 11.5 Å². The maximum Gasteiger partial charge on any atom is 0.142 e. The minimum absolute atomic E-state index is 0.192. The fourth-order valence-corrected chi connectivity index (χ4v) is 2.54. The summed E-state index contributed by atoms with van der Waals surface area (Å²) in [4.78, 5) is 2.09. The van der Waals surface area contributed by atoms with Crippen LogP contribution in [0.15, 0.2) is 18.2 Å². The highest BCUT2D eigenvalue weighted by atomic mass is 16.5. The maximum absolute atomic E-state index is 9.33. The Hall–Kier alpha value is -1.89. The third kappa shape index (κ3) is 2.60. The summed E-state index contributed by atoms with van der Waals surface area (Å²) in [5, 5.41) is 9.33. The van der Waals surface area contributed by atoms with Crippen LogP contribution >= 0.6 is 0 Å². The number of nitrogens with zero attached hydrogens (tertiary/aromatic N) is 2. The van der Waals surface area contributed by atoms with Gasteiger partial charge in [0.1, 0.15) is 11.5 Å². The Labute approximate surface area is 114 Å². The standard InChI is InChI=1S/C15H20N2O2/c1-17(11-15(10-16)7-4-8-15)13-9-12(18-2)5-6-14(13)19-3/h5-6,9H,4,7-8,11H2,1-3H3. The largest absolute Gasteiger partial charge is 0.497 e. The number of nitriles is 1. The lowest BCUT2D eigenvalue weighted by molar-refractivity contribution is 0.222. The molecule has 0 unspecified atom stereocenters. The average molecular weight is 260 g/mol. The molecular weight excluding hydrogens is 240 g/mol. The van der Waals surface area contributed by atoms with Gasteiger partial charge in [-0.2, -0.15) is 5.26 Å². The number of ether oxygens (including phenoxy) is 2. The smallest absolute Gasteiger partial charge is 0.142 e. The van der Waals surface area contributed by atoms with Crippen molar-refractivity contribution in [3.05, 3.63) is 18.2 Å². The predicted molar refractivity (Wildman–Crippen MR) is 74.7 cm³/mol. The van der Waals surface area contributed by atoms with Gasteiger partial charge in [0, 0.05) is 19.7 Å². The van der Waals surface area contributed by atoms with Crippen LogP contribution in [-0.4, -0.2) is 27.8 Å². The molecular formula is C15H20N2O2. The Morgan fingerprint density at radius 3 is 2.53 bits per heavy atom. The molecule has 0 heterocycles. The molecule has 0 aromatic heterocycles. The van der Waals surface area contributed by atoms with Crippen molar-refractivity contribution in [2.75, 3.05) is 32.7 Å². The molecule has 1 aliphatic carbocycles. The molecule has 0 amide bonds. The van der Waals surface area contributed by atoms with Crippen molar-refractivity contribution < 1.29 is 9.47 Å². The van der Waals surface area contributed by atoms with Gasteiger partial charge in [-0.1, -0.05) is 6.42 Å². The second-order valence-corrected chi connectivity index (χ2v) is 5.14. The fourth-order valence-electron chi connectivity index (χ4n) is 2.54.